The number of benzene rings is 1. The Labute approximate surface area is 148 Å². The summed E-state index contributed by atoms with van der Waals surface area (Å²) in [6, 6.07) is 8.72. The minimum atomic E-state index is 0. The Hall–Kier alpha value is -1.49. The number of allylic oxidation sites excluding steroid dienone is 2. The summed E-state index contributed by atoms with van der Waals surface area (Å²) in [5.74, 6) is 6.32. The van der Waals surface area contributed by atoms with Crippen molar-refractivity contribution in [2.24, 2.45) is 5.41 Å². The average molecular weight is 332 g/mol. The van der Waals surface area contributed by atoms with Crippen LogP contribution in [0, 0.1) is 17.3 Å². The van der Waals surface area contributed by atoms with Crippen LogP contribution in [0.2, 0.25) is 0 Å². The van der Waals surface area contributed by atoms with Gasteiger partial charge in [-0.15, -0.1) is 12.4 Å². The van der Waals surface area contributed by atoms with Crippen LogP contribution < -0.4 is 0 Å². The van der Waals surface area contributed by atoms with Gasteiger partial charge in [0.1, 0.15) is 0 Å². The van der Waals surface area contributed by atoms with Gasteiger partial charge >= 0.3 is 0 Å². The summed E-state index contributed by atoms with van der Waals surface area (Å²) in [4.78, 5) is 2.29. The molecule has 0 unspecified atom stereocenters. The molecule has 0 heterocycles. The molecule has 0 spiro atoms. The van der Waals surface area contributed by atoms with Gasteiger partial charge in [-0.1, -0.05) is 53.8 Å². The Balaban J connectivity index is 0.00000484. The van der Waals surface area contributed by atoms with Crippen LogP contribution in [0.1, 0.15) is 45.7 Å². The molecule has 0 fully saturated rings. The average Bonchev–Trinajstić information content (AvgIpc) is 2.36. The molecule has 0 bridgehead atoms. The van der Waals surface area contributed by atoms with E-state index in [2.05, 4.69) is 94.8 Å². The maximum absolute atomic E-state index is 3.21. The molecule has 0 aliphatic heterocycles. The van der Waals surface area contributed by atoms with Gasteiger partial charge in [0.05, 0.1) is 0 Å². The van der Waals surface area contributed by atoms with E-state index in [1.165, 1.54) is 16.7 Å². The zero-order valence-electron chi connectivity index (χ0n) is 15.3. The fourth-order valence-corrected chi connectivity index (χ4v) is 2.04. The van der Waals surface area contributed by atoms with E-state index < -0.39 is 0 Å². The summed E-state index contributed by atoms with van der Waals surface area (Å²) in [5.41, 5.74) is 4.01. The maximum Gasteiger partial charge on any atom is 0.0234 e. The van der Waals surface area contributed by atoms with Crippen molar-refractivity contribution >= 4 is 18.5 Å². The number of hydrogen-bond acceptors (Lipinski definition) is 1. The molecule has 0 saturated carbocycles. The lowest BCUT2D eigenvalue weighted by atomic mass is 9.98. The minimum Gasteiger partial charge on any atom is -0.298 e. The molecule has 0 amide bonds. The van der Waals surface area contributed by atoms with Gasteiger partial charge in [0.2, 0.25) is 0 Å². The zero-order chi connectivity index (χ0) is 16.6. The Kier molecular flexibility index (Phi) is 9.65. The van der Waals surface area contributed by atoms with E-state index in [4.69, 9.17) is 0 Å². The van der Waals surface area contributed by atoms with Crippen LogP contribution >= 0.6 is 12.4 Å². The number of nitrogens with zero attached hydrogens (tertiary/aromatic N) is 1. The van der Waals surface area contributed by atoms with Crippen molar-refractivity contribution in [3.05, 3.63) is 53.1 Å². The number of rotatable bonds is 5. The summed E-state index contributed by atoms with van der Waals surface area (Å²) in [7, 11) is 2.13. The molecule has 1 nitrogen and oxygen atoms in total. The van der Waals surface area contributed by atoms with Crippen molar-refractivity contribution in [2.75, 3.05) is 13.6 Å². The SMILES string of the molecule is CC(C)=Cc1cccc(CN(C)CC=CC#CC(C)(C)C)c1.Cl. The van der Waals surface area contributed by atoms with Crippen molar-refractivity contribution in [3.63, 3.8) is 0 Å². The summed E-state index contributed by atoms with van der Waals surface area (Å²) >= 11 is 0. The van der Waals surface area contributed by atoms with Crippen LogP contribution in [0.4, 0.5) is 0 Å². The summed E-state index contributed by atoms with van der Waals surface area (Å²) in [6.07, 6.45) is 6.30. The smallest absolute Gasteiger partial charge is 0.0234 e. The van der Waals surface area contributed by atoms with E-state index >= 15 is 0 Å². The first kappa shape index (κ1) is 21.5. The second kappa shape index (κ2) is 10.3. The van der Waals surface area contributed by atoms with E-state index in [1.54, 1.807) is 0 Å². The molecule has 126 valence electrons. The maximum atomic E-state index is 3.21. The molecule has 0 aliphatic carbocycles. The van der Waals surface area contributed by atoms with Crippen LogP contribution in [0.3, 0.4) is 0 Å². The minimum absolute atomic E-state index is 0. The van der Waals surface area contributed by atoms with Crippen molar-refractivity contribution in [1.82, 2.24) is 4.90 Å². The Bertz CT molecular complexity index is 590. The molecular formula is C21H30ClN. The predicted octanol–water partition coefficient (Wildman–Crippen LogP) is 5.57. The first-order valence-electron chi connectivity index (χ1n) is 7.86. The molecule has 0 saturated heterocycles. The van der Waals surface area contributed by atoms with Crippen molar-refractivity contribution in [1.29, 1.82) is 0 Å². The van der Waals surface area contributed by atoms with E-state index in [-0.39, 0.29) is 17.8 Å². The second-order valence-corrected chi connectivity index (χ2v) is 7.09. The normalized spacial score (nSPS) is 10.9. The summed E-state index contributed by atoms with van der Waals surface area (Å²) < 4.78 is 0. The summed E-state index contributed by atoms with van der Waals surface area (Å²) in [6.45, 7) is 12.5. The largest absolute Gasteiger partial charge is 0.298 e. The third-order valence-corrected chi connectivity index (χ3v) is 2.92. The first-order chi connectivity index (χ1) is 10.3. The van der Waals surface area contributed by atoms with Gasteiger partial charge in [-0.3, -0.25) is 4.90 Å². The lowest BCUT2D eigenvalue weighted by molar-refractivity contribution is 0.363. The fourth-order valence-electron chi connectivity index (χ4n) is 2.04. The van der Waals surface area contributed by atoms with E-state index in [0.717, 1.165) is 13.1 Å². The highest BCUT2D eigenvalue weighted by molar-refractivity contribution is 5.85. The van der Waals surface area contributed by atoms with Crippen molar-refractivity contribution < 1.29 is 0 Å². The fraction of sp³-hybridized carbons (Fsp3) is 0.429. The molecule has 1 aromatic rings. The Morgan fingerprint density at radius 2 is 1.91 bits per heavy atom. The lowest BCUT2D eigenvalue weighted by Gasteiger charge is -2.14. The molecule has 1 rings (SSSR count). The van der Waals surface area contributed by atoms with Crippen LogP contribution in [-0.4, -0.2) is 18.5 Å². The molecule has 0 atom stereocenters. The van der Waals surface area contributed by atoms with E-state index in [1.807, 2.05) is 6.08 Å². The highest BCUT2D eigenvalue weighted by Crippen LogP contribution is 2.11. The highest BCUT2D eigenvalue weighted by Gasteiger charge is 2.02. The number of hydrogen-bond donors (Lipinski definition) is 0. The second-order valence-electron chi connectivity index (χ2n) is 7.09. The van der Waals surface area contributed by atoms with Gasteiger partial charge in [-0.2, -0.15) is 0 Å². The molecule has 1 aromatic carbocycles. The number of halogens is 1. The highest BCUT2D eigenvalue weighted by atomic mass is 35.5. The lowest BCUT2D eigenvalue weighted by Crippen LogP contribution is -2.17. The Morgan fingerprint density at radius 3 is 2.52 bits per heavy atom. The third kappa shape index (κ3) is 10.8. The molecule has 0 aromatic heterocycles. The van der Waals surface area contributed by atoms with Gasteiger partial charge in [0.25, 0.3) is 0 Å². The topological polar surface area (TPSA) is 3.24 Å². The number of likely N-dealkylation sites (N-methyl/N-ethyl adjacent to an activating group) is 1. The van der Waals surface area contributed by atoms with Gasteiger partial charge in [-0.25, -0.2) is 0 Å². The zero-order valence-corrected chi connectivity index (χ0v) is 16.1. The van der Waals surface area contributed by atoms with Gasteiger partial charge < -0.3 is 0 Å². The Morgan fingerprint density at radius 1 is 1.22 bits per heavy atom. The van der Waals surface area contributed by atoms with Gasteiger partial charge in [-0.05, 0) is 58.9 Å². The van der Waals surface area contributed by atoms with Crippen LogP contribution in [0.25, 0.3) is 6.08 Å². The van der Waals surface area contributed by atoms with Gasteiger partial charge in [0.15, 0.2) is 0 Å². The molecule has 23 heavy (non-hydrogen) atoms. The molecular weight excluding hydrogens is 302 g/mol. The van der Waals surface area contributed by atoms with Gasteiger partial charge in [0, 0.05) is 18.5 Å². The van der Waals surface area contributed by atoms with E-state index in [9.17, 15) is 0 Å². The third-order valence-electron chi connectivity index (χ3n) is 2.92. The van der Waals surface area contributed by atoms with Crippen molar-refractivity contribution in [2.45, 2.75) is 41.2 Å². The van der Waals surface area contributed by atoms with Crippen LogP contribution in [0.5, 0.6) is 0 Å². The standard InChI is InChI=1S/C21H29N.ClH/c1-18(2)15-19-11-10-12-20(16-19)17-22(6)14-9-7-8-13-21(3,4)5;/h7,9-12,15-16H,14,17H2,1-6H3;1H. The van der Waals surface area contributed by atoms with E-state index in [0.29, 0.717) is 0 Å². The van der Waals surface area contributed by atoms with Crippen molar-refractivity contribution in [3.8, 4) is 11.8 Å². The molecule has 0 aliphatic rings. The predicted molar refractivity (Wildman–Crippen MR) is 106 cm³/mol. The van der Waals surface area contributed by atoms with Crippen LogP contribution in [-0.2, 0) is 6.54 Å². The molecule has 2 heteroatoms. The monoisotopic (exact) mass is 331 g/mol. The quantitative estimate of drug-likeness (QED) is 0.637. The molecule has 0 radical (unpaired) electrons. The summed E-state index contributed by atoms with van der Waals surface area (Å²) in [5, 5.41) is 0. The van der Waals surface area contributed by atoms with Crippen LogP contribution in [0.15, 0.2) is 42.0 Å². The first-order valence-corrected chi connectivity index (χ1v) is 7.86. The molecule has 0 N–H and O–H groups in total.